The van der Waals surface area contributed by atoms with Gasteiger partial charge < -0.3 is 15.4 Å². The molecule has 0 bridgehead atoms. The third-order valence-corrected chi connectivity index (χ3v) is 4.04. The summed E-state index contributed by atoms with van der Waals surface area (Å²) in [5, 5.41) is 9.62. The van der Waals surface area contributed by atoms with Gasteiger partial charge in [0.2, 0.25) is 0 Å². The molecule has 0 fully saturated rings. The fourth-order valence-electron chi connectivity index (χ4n) is 2.74. The van der Waals surface area contributed by atoms with Crippen LogP contribution in [0.1, 0.15) is 28.2 Å². The molecule has 1 amide bonds. The second kappa shape index (κ2) is 6.33. The van der Waals surface area contributed by atoms with Crippen LogP contribution in [0.2, 0.25) is 5.02 Å². The largest absolute Gasteiger partial charge is 0.396 e. The maximum absolute atomic E-state index is 11.9. The Morgan fingerprint density at radius 3 is 2.52 bits per heavy atom. The van der Waals surface area contributed by atoms with E-state index in [-0.39, 0.29) is 6.61 Å². The molecule has 0 aliphatic rings. The van der Waals surface area contributed by atoms with Crippen molar-refractivity contribution in [2.24, 2.45) is 5.73 Å². The van der Waals surface area contributed by atoms with E-state index in [1.54, 1.807) is 6.07 Å². The van der Waals surface area contributed by atoms with Crippen molar-refractivity contribution in [3.8, 4) is 11.1 Å². The molecule has 0 aliphatic heterocycles. The van der Waals surface area contributed by atoms with Crippen LogP contribution in [0.4, 0.5) is 0 Å². The number of benzene rings is 1. The number of hydrogen-bond donors (Lipinski definition) is 2. The lowest BCUT2D eigenvalue weighted by Gasteiger charge is -2.09. The number of rotatable bonds is 5. The van der Waals surface area contributed by atoms with Gasteiger partial charge in [-0.3, -0.25) is 4.79 Å². The van der Waals surface area contributed by atoms with Gasteiger partial charge >= 0.3 is 0 Å². The number of nitrogens with two attached hydrogens (primary N) is 1. The van der Waals surface area contributed by atoms with Crippen LogP contribution in [-0.4, -0.2) is 22.2 Å². The van der Waals surface area contributed by atoms with E-state index >= 15 is 0 Å². The molecule has 0 radical (unpaired) electrons. The average molecular weight is 307 g/mol. The maximum atomic E-state index is 11.9. The van der Waals surface area contributed by atoms with Crippen LogP contribution in [0.3, 0.4) is 0 Å². The van der Waals surface area contributed by atoms with Crippen LogP contribution >= 0.6 is 11.6 Å². The standard InChI is InChI=1S/C16H19ClN2O2/c1-10-14(12-6-3-4-7-13(12)17)15(16(18)21)11(2)19(10)8-5-9-20/h3-4,6-7,20H,5,8-9H2,1-2H3,(H2,18,21). The molecular weight excluding hydrogens is 288 g/mol. The van der Waals surface area contributed by atoms with Crippen molar-refractivity contribution in [1.82, 2.24) is 4.57 Å². The van der Waals surface area contributed by atoms with E-state index in [9.17, 15) is 4.79 Å². The first-order chi connectivity index (χ1) is 9.99. The predicted molar refractivity (Wildman–Crippen MR) is 84.6 cm³/mol. The van der Waals surface area contributed by atoms with E-state index in [1.165, 1.54) is 0 Å². The molecule has 0 unspecified atom stereocenters. The summed E-state index contributed by atoms with van der Waals surface area (Å²) in [6.07, 6.45) is 0.622. The van der Waals surface area contributed by atoms with Gasteiger partial charge in [0.15, 0.2) is 0 Å². The monoisotopic (exact) mass is 306 g/mol. The minimum Gasteiger partial charge on any atom is -0.396 e. The first kappa shape index (κ1) is 15.6. The predicted octanol–water partition coefficient (Wildman–Crippen LogP) is 2.91. The minimum absolute atomic E-state index is 0.102. The molecule has 0 saturated carbocycles. The Bertz CT molecular complexity index is 677. The Morgan fingerprint density at radius 2 is 1.95 bits per heavy atom. The van der Waals surface area contributed by atoms with Crippen molar-refractivity contribution in [3.63, 3.8) is 0 Å². The van der Waals surface area contributed by atoms with E-state index in [1.807, 2.05) is 36.6 Å². The highest BCUT2D eigenvalue weighted by atomic mass is 35.5. The highest BCUT2D eigenvalue weighted by molar-refractivity contribution is 6.33. The molecule has 0 spiro atoms. The lowest BCUT2D eigenvalue weighted by molar-refractivity contribution is 0.1000. The second-order valence-corrected chi connectivity index (χ2v) is 5.40. The number of primary amides is 1. The molecule has 112 valence electrons. The molecule has 1 aromatic carbocycles. The number of nitrogens with zero attached hydrogens (tertiary/aromatic N) is 1. The summed E-state index contributed by atoms with van der Waals surface area (Å²) in [6.45, 7) is 4.55. The Balaban J connectivity index is 2.70. The zero-order valence-electron chi connectivity index (χ0n) is 12.2. The molecule has 0 saturated heterocycles. The van der Waals surface area contributed by atoms with E-state index in [2.05, 4.69) is 0 Å². The highest BCUT2D eigenvalue weighted by Crippen LogP contribution is 2.36. The van der Waals surface area contributed by atoms with Gasteiger partial charge in [-0.2, -0.15) is 0 Å². The molecule has 5 heteroatoms. The normalized spacial score (nSPS) is 10.9. The van der Waals surface area contributed by atoms with Gasteiger partial charge in [-0.05, 0) is 26.3 Å². The molecule has 1 heterocycles. The summed E-state index contributed by atoms with van der Waals surface area (Å²) in [6, 6.07) is 7.40. The summed E-state index contributed by atoms with van der Waals surface area (Å²) in [5.74, 6) is -0.465. The molecule has 3 N–H and O–H groups in total. The first-order valence-corrected chi connectivity index (χ1v) is 7.22. The summed E-state index contributed by atoms with van der Waals surface area (Å²) in [4.78, 5) is 11.9. The van der Waals surface area contributed by atoms with Crippen LogP contribution < -0.4 is 5.73 Å². The van der Waals surface area contributed by atoms with Gasteiger partial charge in [0.1, 0.15) is 0 Å². The zero-order chi connectivity index (χ0) is 15.6. The number of carbonyl (C=O) groups is 1. The quantitative estimate of drug-likeness (QED) is 0.892. The third kappa shape index (κ3) is 2.82. The number of aliphatic hydroxyl groups is 1. The summed E-state index contributed by atoms with van der Waals surface area (Å²) >= 11 is 6.27. The van der Waals surface area contributed by atoms with Crippen molar-refractivity contribution in [2.75, 3.05) is 6.61 Å². The number of aromatic nitrogens is 1. The number of halogens is 1. The highest BCUT2D eigenvalue weighted by Gasteiger charge is 2.23. The van der Waals surface area contributed by atoms with Crippen molar-refractivity contribution >= 4 is 17.5 Å². The molecule has 2 rings (SSSR count). The number of hydrogen-bond acceptors (Lipinski definition) is 2. The maximum Gasteiger partial charge on any atom is 0.251 e. The number of aliphatic hydroxyl groups excluding tert-OH is 1. The van der Waals surface area contributed by atoms with Crippen molar-refractivity contribution in [3.05, 3.63) is 46.2 Å². The minimum atomic E-state index is -0.465. The molecule has 4 nitrogen and oxygen atoms in total. The van der Waals surface area contributed by atoms with Gasteiger partial charge in [0.05, 0.1) is 5.56 Å². The molecule has 0 atom stereocenters. The lowest BCUT2D eigenvalue weighted by atomic mass is 10.00. The first-order valence-electron chi connectivity index (χ1n) is 6.84. The summed E-state index contributed by atoms with van der Waals surface area (Å²) in [5.41, 5.74) is 9.39. The van der Waals surface area contributed by atoms with Crippen molar-refractivity contribution < 1.29 is 9.90 Å². The van der Waals surface area contributed by atoms with Crippen LogP contribution in [0.15, 0.2) is 24.3 Å². The zero-order valence-corrected chi connectivity index (χ0v) is 12.9. The van der Waals surface area contributed by atoms with Crippen molar-refractivity contribution in [1.29, 1.82) is 0 Å². The van der Waals surface area contributed by atoms with Crippen LogP contribution in [0.25, 0.3) is 11.1 Å². The average Bonchev–Trinajstić information content (AvgIpc) is 2.69. The Labute approximate surface area is 129 Å². The van der Waals surface area contributed by atoms with Gasteiger partial charge in [-0.15, -0.1) is 0 Å². The fourth-order valence-corrected chi connectivity index (χ4v) is 2.97. The van der Waals surface area contributed by atoms with E-state index < -0.39 is 5.91 Å². The van der Waals surface area contributed by atoms with Crippen molar-refractivity contribution in [2.45, 2.75) is 26.8 Å². The fraction of sp³-hybridized carbons (Fsp3) is 0.312. The second-order valence-electron chi connectivity index (χ2n) is 4.99. The molecule has 1 aromatic heterocycles. The smallest absolute Gasteiger partial charge is 0.251 e. The SMILES string of the molecule is Cc1c(C(N)=O)c(-c2ccccc2Cl)c(C)n1CCCO. The molecule has 21 heavy (non-hydrogen) atoms. The van der Waals surface area contributed by atoms with E-state index in [0.29, 0.717) is 23.6 Å². The van der Waals surface area contributed by atoms with Gasteiger partial charge in [-0.1, -0.05) is 29.8 Å². The number of carbonyl (C=O) groups excluding carboxylic acids is 1. The van der Waals surface area contributed by atoms with Crippen LogP contribution in [-0.2, 0) is 6.54 Å². The van der Waals surface area contributed by atoms with Gasteiger partial charge in [-0.25, -0.2) is 0 Å². The van der Waals surface area contributed by atoms with Gasteiger partial charge in [0.25, 0.3) is 5.91 Å². The Kier molecular flexibility index (Phi) is 4.70. The topological polar surface area (TPSA) is 68.2 Å². The molecule has 2 aromatic rings. The number of amides is 1. The molecule has 0 aliphatic carbocycles. The molecular formula is C16H19ClN2O2. The summed E-state index contributed by atoms with van der Waals surface area (Å²) in [7, 11) is 0. The Morgan fingerprint density at radius 1 is 1.29 bits per heavy atom. The van der Waals surface area contributed by atoms with Crippen LogP contribution in [0.5, 0.6) is 0 Å². The van der Waals surface area contributed by atoms with Crippen LogP contribution in [0, 0.1) is 13.8 Å². The van der Waals surface area contributed by atoms with Gasteiger partial charge in [0, 0.05) is 40.7 Å². The Hall–Kier alpha value is -1.78. The van der Waals surface area contributed by atoms with E-state index in [0.717, 1.165) is 22.5 Å². The summed E-state index contributed by atoms with van der Waals surface area (Å²) < 4.78 is 2.01. The third-order valence-electron chi connectivity index (χ3n) is 3.71. The lowest BCUT2D eigenvalue weighted by Crippen LogP contribution is -2.13. The van der Waals surface area contributed by atoms with E-state index in [4.69, 9.17) is 22.4 Å².